The number of benzene rings is 1. The van der Waals surface area contributed by atoms with E-state index in [0.29, 0.717) is 5.52 Å². The Morgan fingerprint density at radius 1 is 1.31 bits per heavy atom. The predicted octanol–water partition coefficient (Wildman–Crippen LogP) is 2.32. The van der Waals surface area contributed by atoms with Crippen molar-refractivity contribution < 1.29 is 18.0 Å². The van der Waals surface area contributed by atoms with Gasteiger partial charge in [0.05, 0.1) is 5.52 Å². The Hall–Kier alpha value is -1.85. The van der Waals surface area contributed by atoms with Gasteiger partial charge < -0.3 is 0 Å². The highest BCUT2D eigenvalue weighted by atomic mass is 19.4. The van der Waals surface area contributed by atoms with Crippen molar-refractivity contribution in [1.82, 2.24) is 9.78 Å². The summed E-state index contributed by atoms with van der Waals surface area (Å²) in [6, 6.07) is 6.29. The molecule has 84 valence electrons. The molecule has 0 spiro atoms. The van der Waals surface area contributed by atoms with Gasteiger partial charge in [0, 0.05) is 12.4 Å². The standard InChI is InChI=1S/C10H7F3N2O/c1-15-7-5-3-2-4-6(7)8(14-15)9(16)10(11,12)13/h2-5H,1H3. The number of nitrogens with zero attached hydrogens (tertiary/aromatic N) is 2. The molecule has 0 fully saturated rings. The van der Waals surface area contributed by atoms with Crippen molar-refractivity contribution in [3.63, 3.8) is 0 Å². The van der Waals surface area contributed by atoms with Crippen LogP contribution in [0, 0.1) is 0 Å². The number of halogens is 3. The molecule has 0 saturated carbocycles. The number of hydrogen-bond donors (Lipinski definition) is 0. The van der Waals surface area contributed by atoms with E-state index in [0.717, 1.165) is 0 Å². The second-order valence-electron chi connectivity index (χ2n) is 3.32. The first-order valence-corrected chi connectivity index (χ1v) is 4.44. The molecule has 0 bridgehead atoms. The van der Waals surface area contributed by atoms with Crippen LogP contribution in [0.25, 0.3) is 10.9 Å². The SMILES string of the molecule is Cn1nc(C(=O)C(F)(F)F)c2ccccc21. The van der Waals surface area contributed by atoms with Gasteiger partial charge in [0.15, 0.2) is 0 Å². The van der Waals surface area contributed by atoms with Crippen molar-refractivity contribution in [2.24, 2.45) is 7.05 Å². The predicted molar refractivity (Wildman–Crippen MR) is 51.1 cm³/mol. The Morgan fingerprint density at radius 2 is 1.94 bits per heavy atom. The lowest BCUT2D eigenvalue weighted by molar-refractivity contribution is -0.0887. The molecule has 0 amide bonds. The molecule has 0 N–H and O–H groups in total. The van der Waals surface area contributed by atoms with Gasteiger partial charge in [-0.15, -0.1) is 0 Å². The highest BCUT2D eigenvalue weighted by Crippen LogP contribution is 2.25. The lowest BCUT2D eigenvalue weighted by atomic mass is 10.1. The minimum atomic E-state index is -4.89. The Balaban J connectivity index is 2.67. The normalized spacial score (nSPS) is 12.0. The van der Waals surface area contributed by atoms with E-state index in [2.05, 4.69) is 5.10 Å². The minimum absolute atomic E-state index is 0.215. The number of hydrogen-bond acceptors (Lipinski definition) is 2. The van der Waals surface area contributed by atoms with Gasteiger partial charge in [0.25, 0.3) is 5.78 Å². The van der Waals surface area contributed by atoms with Crippen molar-refractivity contribution in [3.8, 4) is 0 Å². The van der Waals surface area contributed by atoms with Crippen LogP contribution in [-0.2, 0) is 7.05 Å². The highest BCUT2D eigenvalue weighted by molar-refractivity contribution is 6.08. The van der Waals surface area contributed by atoms with Gasteiger partial charge in [-0.3, -0.25) is 9.48 Å². The number of carbonyl (C=O) groups excluding carboxylic acids is 1. The number of aryl methyl sites for hydroxylation is 1. The molecule has 0 radical (unpaired) electrons. The van der Waals surface area contributed by atoms with Crippen molar-refractivity contribution in [2.45, 2.75) is 6.18 Å². The Morgan fingerprint density at radius 3 is 2.56 bits per heavy atom. The van der Waals surface area contributed by atoms with E-state index in [9.17, 15) is 18.0 Å². The molecule has 0 atom stereocenters. The molecule has 0 unspecified atom stereocenters. The second kappa shape index (κ2) is 3.33. The van der Waals surface area contributed by atoms with Crippen molar-refractivity contribution in [2.75, 3.05) is 0 Å². The number of alkyl halides is 3. The van der Waals surface area contributed by atoms with E-state index in [4.69, 9.17) is 0 Å². The first-order chi connectivity index (χ1) is 7.41. The number of aromatic nitrogens is 2. The van der Waals surface area contributed by atoms with E-state index in [-0.39, 0.29) is 5.39 Å². The molecule has 0 aliphatic heterocycles. The number of rotatable bonds is 1. The quantitative estimate of drug-likeness (QED) is 0.702. The summed E-state index contributed by atoms with van der Waals surface area (Å²) in [6.07, 6.45) is -4.89. The maximum atomic E-state index is 12.3. The summed E-state index contributed by atoms with van der Waals surface area (Å²) in [5, 5.41) is 3.82. The van der Waals surface area contributed by atoms with Gasteiger partial charge in [0.2, 0.25) is 0 Å². The van der Waals surface area contributed by atoms with Crippen LogP contribution in [0.4, 0.5) is 13.2 Å². The average molecular weight is 228 g/mol. The number of para-hydroxylation sites is 1. The monoisotopic (exact) mass is 228 g/mol. The van der Waals surface area contributed by atoms with Crippen molar-refractivity contribution in [3.05, 3.63) is 30.0 Å². The first-order valence-electron chi connectivity index (χ1n) is 4.44. The molecule has 3 nitrogen and oxygen atoms in total. The third-order valence-electron chi connectivity index (χ3n) is 2.23. The molecule has 2 aromatic rings. The third kappa shape index (κ3) is 1.56. The van der Waals surface area contributed by atoms with Gasteiger partial charge >= 0.3 is 6.18 Å². The maximum absolute atomic E-state index is 12.3. The first kappa shape index (κ1) is 10.7. The molecule has 1 aromatic carbocycles. The molecule has 1 aromatic heterocycles. The van der Waals surface area contributed by atoms with E-state index in [1.54, 1.807) is 18.2 Å². The molecular formula is C10H7F3N2O. The number of Topliss-reactive ketones (excluding diaryl/α,β-unsaturated/α-hetero) is 1. The van der Waals surface area contributed by atoms with Gasteiger partial charge in [-0.05, 0) is 6.07 Å². The fourth-order valence-electron chi connectivity index (χ4n) is 1.52. The van der Waals surface area contributed by atoms with E-state index in [1.165, 1.54) is 17.8 Å². The van der Waals surface area contributed by atoms with Crippen LogP contribution in [0.5, 0.6) is 0 Å². The van der Waals surface area contributed by atoms with Crippen LogP contribution >= 0.6 is 0 Å². The Labute approximate surface area is 88.5 Å². The molecule has 16 heavy (non-hydrogen) atoms. The van der Waals surface area contributed by atoms with Gasteiger partial charge in [-0.25, -0.2) is 0 Å². The van der Waals surface area contributed by atoms with Gasteiger partial charge in [-0.2, -0.15) is 18.3 Å². The lowest BCUT2D eigenvalue weighted by Crippen LogP contribution is -2.23. The second-order valence-corrected chi connectivity index (χ2v) is 3.32. The smallest absolute Gasteiger partial charge is 0.282 e. The zero-order chi connectivity index (χ0) is 11.9. The number of carbonyl (C=O) groups is 1. The van der Waals surface area contributed by atoms with Crippen LogP contribution in [-0.4, -0.2) is 21.7 Å². The molecule has 1 heterocycles. The molecule has 0 aliphatic rings. The van der Waals surface area contributed by atoms with Crippen molar-refractivity contribution >= 4 is 16.7 Å². The van der Waals surface area contributed by atoms with Gasteiger partial charge in [-0.1, -0.05) is 18.2 Å². The Bertz CT molecular complexity index is 557. The molecule has 6 heteroatoms. The molecule has 2 rings (SSSR count). The van der Waals surface area contributed by atoms with Crippen LogP contribution in [0.1, 0.15) is 10.5 Å². The van der Waals surface area contributed by atoms with E-state index in [1.807, 2.05) is 0 Å². The number of ketones is 1. The zero-order valence-electron chi connectivity index (χ0n) is 8.25. The van der Waals surface area contributed by atoms with E-state index >= 15 is 0 Å². The highest BCUT2D eigenvalue weighted by Gasteiger charge is 2.41. The fraction of sp³-hybridized carbons (Fsp3) is 0.200. The van der Waals surface area contributed by atoms with Gasteiger partial charge in [0.1, 0.15) is 5.69 Å². The fourth-order valence-corrected chi connectivity index (χ4v) is 1.52. The minimum Gasteiger partial charge on any atom is -0.282 e. The lowest BCUT2D eigenvalue weighted by Gasteiger charge is -2.01. The van der Waals surface area contributed by atoms with Crippen molar-refractivity contribution in [1.29, 1.82) is 0 Å². The summed E-state index contributed by atoms with van der Waals surface area (Å²) in [6.45, 7) is 0. The summed E-state index contributed by atoms with van der Waals surface area (Å²) < 4.78 is 38.1. The zero-order valence-corrected chi connectivity index (χ0v) is 8.25. The van der Waals surface area contributed by atoms with Crippen LogP contribution in [0.15, 0.2) is 24.3 Å². The average Bonchev–Trinajstić information content (AvgIpc) is 2.55. The van der Waals surface area contributed by atoms with E-state index < -0.39 is 17.7 Å². The maximum Gasteiger partial charge on any atom is 0.456 e. The van der Waals surface area contributed by atoms with Crippen LogP contribution < -0.4 is 0 Å². The topological polar surface area (TPSA) is 34.9 Å². The molecular weight excluding hydrogens is 221 g/mol. The third-order valence-corrected chi connectivity index (χ3v) is 2.23. The summed E-state index contributed by atoms with van der Waals surface area (Å²) in [4.78, 5) is 11.1. The Kier molecular flexibility index (Phi) is 2.22. The summed E-state index contributed by atoms with van der Waals surface area (Å²) in [7, 11) is 1.50. The molecule has 0 aliphatic carbocycles. The summed E-state index contributed by atoms with van der Waals surface area (Å²) >= 11 is 0. The molecule has 0 saturated heterocycles. The van der Waals surface area contributed by atoms with Crippen LogP contribution in [0.2, 0.25) is 0 Å². The largest absolute Gasteiger partial charge is 0.456 e. The summed E-state index contributed by atoms with van der Waals surface area (Å²) in [5.41, 5.74) is -0.0549. The van der Waals surface area contributed by atoms with Crippen LogP contribution in [0.3, 0.4) is 0 Å². The summed E-state index contributed by atoms with van der Waals surface area (Å²) in [5.74, 6) is -1.91. The number of fused-ring (bicyclic) bond motifs is 1.